The molecule has 0 atom stereocenters. The first kappa shape index (κ1) is 15.3. The van der Waals surface area contributed by atoms with Crippen molar-refractivity contribution in [2.24, 2.45) is 5.92 Å². The first-order chi connectivity index (χ1) is 9.43. The molecule has 1 amide bonds. The van der Waals surface area contributed by atoms with E-state index in [1.165, 1.54) is 12.8 Å². The highest BCUT2D eigenvalue weighted by Gasteiger charge is 2.42. The zero-order chi connectivity index (χ0) is 14.8. The third-order valence-electron chi connectivity index (χ3n) is 4.73. The van der Waals surface area contributed by atoms with E-state index >= 15 is 0 Å². The molecule has 2 aliphatic rings. The van der Waals surface area contributed by atoms with Gasteiger partial charge < -0.3 is 10.0 Å². The summed E-state index contributed by atoms with van der Waals surface area (Å²) in [7, 11) is 1.89. The van der Waals surface area contributed by atoms with Crippen molar-refractivity contribution in [3.63, 3.8) is 0 Å². The quantitative estimate of drug-likeness (QED) is 0.833. The maximum absolute atomic E-state index is 12.2. The molecule has 0 spiro atoms. The van der Waals surface area contributed by atoms with Crippen molar-refractivity contribution in [2.45, 2.75) is 50.7 Å². The Labute approximate surface area is 121 Å². The normalized spacial score (nSPS) is 29.3. The number of carbonyl (C=O) groups is 1. The number of carbonyl (C=O) groups excluding carboxylic acids is 1. The monoisotopic (exact) mass is 279 g/mol. The Bertz CT molecular complexity index is 390. The van der Waals surface area contributed by atoms with Gasteiger partial charge in [0.05, 0.1) is 19.0 Å². The molecule has 1 aliphatic heterocycles. The molecule has 1 N–H and O–H groups in total. The second-order valence-electron chi connectivity index (χ2n) is 6.62. The first-order valence-corrected chi connectivity index (χ1v) is 7.51. The number of hydrogen-bond acceptors (Lipinski definition) is 4. The van der Waals surface area contributed by atoms with Crippen LogP contribution in [0.4, 0.5) is 0 Å². The smallest absolute Gasteiger partial charge is 0.236 e. The van der Waals surface area contributed by atoms with Gasteiger partial charge in [-0.15, -0.1) is 0 Å². The van der Waals surface area contributed by atoms with Gasteiger partial charge in [0.25, 0.3) is 0 Å². The van der Waals surface area contributed by atoms with Crippen LogP contribution in [0.1, 0.15) is 39.0 Å². The zero-order valence-corrected chi connectivity index (χ0v) is 12.5. The SMILES string of the molecule is CC1CCC(N(C)C(=O)CN2CC(O)(CC#N)C2)CC1. The molecule has 0 aromatic carbocycles. The summed E-state index contributed by atoms with van der Waals surface area (Å²) in [4.78, 5) is 16.0. The lowest BCUT2D eigenvalue weighted by Gasteiger charge is -2.45. The fourth-order valence-corrected chi connectivity index (χ4v) is 3.29. The minimum Gasteiger partial charge on any atom is -0.386 e. The van der Waals surface area contributed by atoms with Crippen molar-refractivity contribution in [3.8, 4) is 6.07 Å². The number of amides is 1. The maximum atomic E-state index is 12.2. The predicted octanol–water partition coefficient (Wildman–Crippen LogP) is 0.984. The molecule has 0 aromatic heterocycles. The van der Waals surface area contributed by atoms with Crippen LogP contribution in [-0.2, 0) is 4.79 Å². The van der Waals surface area contributed by atoms with Crippen molar-refractivity contribution in [3.05, 3.63) is 0 Å². The summed E-state index contributed by atoms with van der Waals surface area (Å²) in [6.07, 6.45) is 4.75. The van der Waals surface area contributed by atoms with E-state index in [9.17, 15) is 9.90 Å². The van der Waals surface area contributed by atoms with E-state index in [1.807, 2.05) is 22.9 Å². The van der Waals surface area contributed by atoms with Crippen molar-refractivity contribution in [1.82, 2.24) is 9.80 Å². The number of aliphatic hydroxyl groups is 1. The van der Waals surface area contributed by atoms with Crippen LogP contribution in [0.3, 0.4) is 0 Å². The molecule has 5 heteroatoms. The van der Waals surface area contributed by atoms with Crippen LogP contribution in [0.5, 0.6) is 0 Å². The molecule has 0 unspecified atom stereocenters. The van der Waals surface area contributed by atoms with Gasteiger partial charge in [-0.1, -0.05) is 6.92 Å². The minimum absolute atomic E-state index is 0.128. The molecule has 0 radical (unpaired) electrons. The zero-order valence-electron chi connectivity index (χ0n) is 12.5. The van der Waals surface area contributed by atoms with Gasteiger partial charge in [0.15, 0.2) is 0 Å². The number of likely N-dealkylation sites (N-methyl/N-ethyl adjacent to an activating group) is 1. The second-order valence-corrected chi connectivity index (χ2v) is 6.62. The number of hydrogen-bond donors (Lipinski definition) is 1. The Morgan fingerprint density at radius 2 is 2.00 bits per heavy atom. The van der Waals surface area contributed by atoms with Gasteiger partial charge in [0.1, 0.15) is 5.60 Å². The molecule has 1 aliphatic carbocycles. The summed E-state index contributed by atoms with van der Waals surface area (Å²) in [5.41, 5.74) is -0.895. The second kappa shape index (κ2) is 6.11. The van der Waals surface area contributed by atoms with Crippen molar-refractivity contribution in [1.29, 1.82) is 5.26 Å². The lowest BCUT2D eigenvalue weighted by atomic mass is 9.86. The van der Waals surface area contributed by atoms with Crippen molar-refractivity contribution in [2.75, 3.05) is 26.7 Å². The Morgan fingerprint density at radius 3 is 2.55 bits per heavy atom. The molecule has 2 fully saturated rings. The summed E-state index contributed by atoms with van der Waals surface area (Å²) in [6, 6.07) is 2.36. The molecular weight excluding hydrogens is 254 g/mol. The van der Waals surface area contributed by atoms with Crippen LogP contribution >= 0.6 is 0 Å². The molecule has 5 nitrogen and oxygen atoms in total. The summed E-state index contributed by atoms with van der Waals surface area (Å²) >= 11 is 0. The van der Waals surface area contributed by atoms with E-state index in [0.29, 0.717) is 25.7 Å². The Hall–Kier alpha value is -1.12. The summed E-state index contributed by atoms with van der Waals surface area (Å²) < 4.78 is 0. The largest absolute Gasteiger partial charge is 0.386 e. The molecule has 1 saturated heterocycles. The van der Waals surface area contributed by atoms with E-state index in [0.717, 1.165) is 18.8 Å². The third-order valence-corrected chi connectivity index (χ3v) is 4.73. The molecule has 0 bridgehead atoms. The highest BCUT2D eigenvalue weighted by molar-refractivity contribution is 5.78. The van der Waals surface area contributed by atoms with E-state index in [2.05, 4.69) is 6.92 Å². The van der Waals surface area contributed by atoms with Crippen LogP contribution < -0.4 is 0 Å². The Kier molecular flexibility index (Phi) is 4.66. The van der Waals surface area contributed by atoms with Crippen LogP contribution in [0.2, 0.25) is 0 Å². The van der Waals surface area contributed by atoms with E-state index < -0.39 is 5.60 Å². The van der Waals surface area contributed by atoms with Crippen molar-refractivity contribution >= 4 is 5.91 Å². The van der Waals surface area contributed by atoms with Crippen LogP contribution in [-0.4, -0.2) is 59.1 Å². The van der Waals surface area contributed by atoms with E-state index in [-0.39, 0.29) is 12.3 Å². The number of β-amino-alcohol motifs (C(OH)–C–C–N with tert-alkyl or cyclic N) is 1. The summed E-state index contributed by atoms with van der Waals surface area (Å²) in [6.45, 7) is 3.49. The fourth-order valence-electron chi connectivity index (χ4n) is 3.29. The van der Waals surface area contributed by atoms with Gasteiger partial charge in [-0.2, -0.15) is 5.26 Å². The molecule has 2 rings (SSSR count). The topological polar surface area (TPSA) is 67.6 Å². The predicted molar refractivity (Wildman–Crippen MR) is 75.8 cm³/mol. The molecule has 20 heavy (non-hydrogen) atoms. The van der Waals surface area contributed by atoms with E-state index in [4.69, 9.17) is 5.26 Å². The summed E-state index contributed by atoms with van der Waals surface area (Å²) in [5, 5.41) is 18.5. The Morgan fingerprint density at radius 1 is 1.40 bits per heavy atom. The fraction of sp³-hybridized carbons (Fsp3) is 0.867. The molecule has 0 aromatic rings. The van der Waals surface area contributed by atoms with Gasteiger partial charge >= 0.3 is 0 Å². The first-order valence-electron chi connectivity index (χ1n) is 7.51. The molecule has 112 valence electrons. The lowest BCUT2D eigenvalue weighted by molar-refractivity contribution is -0.142. The van der Waals surface area contributed by atoms with Crippen molar-refractivity contribution < 1.29 is 9.90 Å². The lowest BCUT2D eigenvalue weighted by Crippen LogP contribution is -2.63. The van der Waals surface area contributed by atoms with Crippen LogP contribution in [0.25, 0.3) is 0 Å². The summed E-state index contributed by atoms with van der Waals surface area (Å²) in [5.74, 6) is 0.912. The third kappa shape index (κ3) is 3.50. The highest BCUT2D eigenvalue weighted by atomic mass is 16.3. The van der Waals surface area contributed by atoms with Gasteiger partial charge in [-0.25, -0.2) is 0 Å². The number of likely N-dealkylation sites (tertiary alicyclic amines) is 1. The van der Waals surface area contributed by atoms with Crippen LogP contribution in [0.15, 0.2) is 0 Å². The average Bonchev–Trinajstić information content (AvgIpc) is 2.37. The van der Waals surface area contributed by atoms with Gasteiger partial charge in [-0.05, 0) is 31.6 Å². The number of nitriles is 1. The highest BCUT2D eigenvalue weighted by Crippen LogP contribution is 2.27. The minimum atomic E-state index is -0.895. The molecule has 1 saturated carbocycles. The Balaban J connectivity index is 1.74. The van der Waals surface area contributed by atoms with Gasteiger partial charge in [0.2, 0.25) is 5.91 Å². The molecule has 1 heterocycles. The number of rotatable bonds is 4. The van der Waals surface area contributed by atoms with Gasteiger partial charge in [0, 0.05) is 26.2 Å². The van der Waals surface area contributed by atoms with E-state index in [1.54, 1.807) is 0 Å². The average molecular weight is 279 g/mol. The maximum Gasteiger partial charge on any atom is 0.236 e. The van der Waals surface area contributed by atoms with Crippen LogP contribution in [0, 0.1) is 17.2 Å². The standard InChI is InChI=1S/C15H25N3O2/c1-12-3-5-13(6-4-12)17(2)14(19)9-18-10-15(20,11-18)7-8-16/h12-13,20H,3-7,9-11H2,1-2H3. The molecular formula is C15H25N3O2. The number of nitrogens with zero attached hydrogens (tertiary/aromatic N) is 3. The van der Waals surface area contributed by atoms with Gasteiger partial charge in [-0.3, -0.25) is 9.69 Å².